The third-order valence-electron chi connectivity index (χ3n) is 3.17. The number of thiophene rings is 1. The number of aromatic nitrogens is 1. The summed E-state index contributed by atoms with van der Waals surface area (Å²) in [4.78, 5) is 10.00. The number of fused-ring (bicyclic) bond motifs is 1. The first kappa shape index (κ1) is 13.2. The molecule has 3 aromatic rings. The van der Waals surface area contributed by atoms with Crippen LogP contribution in [0.25, 0.3) is 10.2 Å². The SMILES string of the molecule is CC(NOCc1ccccc1)c1cnc2ccsc2c1. The minimum atomic E-state index is 0.109. The van der Waals surface area contributed by atoms with E-state index in [-0.39, 0.29) is 6.04 Å². The molecule has 102 valence electrons. The Labute approximate surface area is 122 Å². The minimum Gasteiger partial charge on any atom is -0.296 e. The summed E-state index contributed by atoms with van der Waals surface area (Å²) in [7, 11) is 0. The molecule has 0 amide bonds. The summed E-state index contributed by atoms with van der Waals surface area (Å²) in [6.45, 7) is 2.63. The number of pyridine rings is 1. The van der Waals surface area contributed by atoms with Gasteiger partial charge < -0.3 is 0 Å². The Hall–Kier alpha value is -1.75. The molecule has 1 N–H and O–H groups in total. The zero-order valence-electron chi connectivity index (χ0n) is 11.2. The van der Waals surface area contributed by atoms with E-state index in [1.54, 1.807) is 11.3 Å². The van der Waals surface area contributed by atoms with Crippen molar-refractivity contribution < 1.29 is 4.84 Å². The smallest absolute Gasteiger partial charge is 0.0933 e. The standard InChI is InChI=1S/C16H16N2OS/c1-12(18-19-11-13-5-3-2-4-6-13)14-9-16-15(17-10-14)7-8-20-16/h2-10,12,18H,11H2,1H3. The van der Waals surface area contributed by atoms with Crippen LogP contribution in [-0.2, 0) is 11.4 Å². The van der Waals surface area contributed by atoms with Crippen molar-refractivity contribution in [3.63, 3.8) is 0 Å². The highest BCUT2D eigenvalue weighted by atomic mass is 32.1. The van der Waals surface area contributed by atoms with Crippen LogP contribution in [0.15, 0.2) is 54.0 Å². The maximum atomic E-state index is 5.56. The lowest BCUT2D eigenvalue weighted by Gasteiger charge is -2.14. The third-order valence-corrected chi connectivity index (χ3v) is 4.02. The van der Waals surface area contributed by atoms with Gasteiger partial charge in [0, 0.05) is 6.20 Å². The van der Waals surface area contributed by atoms with Crippen LogP contribution in [0.3, 0.4) is 0 Å². The Morgan fingerprint density at radius 2 is 2.10 bits per heavy atom. The first-order valence-electron chi connectivity index (χ1n) is 6.57. The van der Waals surface area contributed by atoms with Crippen molar-refractivity contribution >= 4 is 21.6 Å². The molecule has 1 aromatic carbocycles. The Bertz CT molecular complexity index is 681. The third kappa shape index (κ3) is 3.04. The summed E-state index contributed by atoms with van der Waals surface area (Å²) < 4.78 is 1.21. The molecular weight excluding hydrogens is 268 g/mol. The van der Waals surface area contributed by atoms with Crippen LogP contribution in [0.2, 0.25) is 0 Å². The van der Waals surface area contributed by atoms with Crippen LogP contribution < -0.4 is 5.48 Å². The molecule has 20 heavy (non-hydrogen) atoms. The van der Waals surface area contributed by atoms with Crippen LogP contribution >= 0.6 is 11.3 Å². The van der Waals surface area contributed by atoms with E-state index in [4.69, 9.17) is 4.84 Å². The van der Waals surface area contributed by atoms with Gasteiger partial charge in [0.05, 0.1) is 22.9 Å². The van der Waals surface area contributed by atoms with Crippen LogP contribution in [0, 0.1) is 0 Å². The molecule has 0 aliphatic heterocycles. The largest absolute Gasteiger partial charge is 0.296 e. The number of benzene rings is 1. The first-order chi connectivity index (χ1) is 9.83. The van der Waals surface area contributed by atoms with Crippen LogP contribution in [0.4, 0.5) is 0 Å². The van der Waals surface area contributed by atoms with Crippen LogP contribution in [0.5, 0.6) is 0 Å². The maximum absolute atomic E-state index is 5.56. The monoisotopic (exact) mass is 284 g/mol. The molecule has 0 bridgehead atoms. The molecule has 0 spiro atoms. The fourth-order valence-electron chi connectivity index (χ4n) is 1.99. The van der Waals surface area contributed by atoms with E-state index < -0.39 is 0 Å². The molecule has 4 heteroatoms. The minimum absolute atomic E-state index is 0.109. The molecule has 0 radical (unpaired) electrons. The second-order valence-corrected chi connectivity index (χ2v) is 5.63. The van der Waals surface area contributed by atoms with E-state index in [1.165, 1.54) is 4.70 Å². The van der Waals surface area contributed by atoms with Gasteiger partial charge in [-0.1, -0.05) is 30.3 Å². The average Bonchev–Trinajstić information content (AvgIpc) is 2.95. The molecular formula is C16H16N2OS. The first-order valence-corrected chi connectivity index (χ1v) is 7.45. The van der Waals surface area contributed by atoms with Gasteiger partial charge in [-0.15, -0.1) is 11.3 Å². The van der Waals surface area contributed by atoms with Gasteiger partial charge in [-0.3, -0.25) is 9.82 Å². The number of nitrogens with one attached hydrogen (secondary N) is 1. The van der Waals surface area contributed by atoms with E-state index >= 15 is 0 Å². The Balaban J connectivity index is 1.59. The van der Waals surface area contributed by atoms with Crippen LogP contribution in [0.1, 0.15) is 24.1 Å². The molecule has 0 saturated heterocycles. The number of hydrogen-bond donors (Lipinski definition) is 1. The van der Waals surface area contributed by atoms with Crippen molar-refractivity contribution in [1.29, 1.82) is 0 Å². The van der Waals surface area contributed by atoms with Gasteiger partial charge >= 0.3 is 0 Å². The van der Waals surface area contributed by atoms with Gasteiger partial charge in [0.2, 0.25) is 0 Å². The summed E-state index contributed by atoms with van der Waals surface area (Å²) >= 11 is 1.71. The van der Waals surface area contributed by atoms with E-state index in [1.807, 2.05) is 42.6 Å². The second kappa shape index (κ2) is 6.13. The molecule has 0 aliphatic carbocycles. The average molecular weight is 284 g/mol. The molecule has 3 nitrogen and oxygen atoms in total. The van der Waals surface area contributed by atoms with Crippen LogP contribution in [-0.4, -0.2) is 4.98 Å². The molecule has 0 saturated carbocycles. The van der Waals surface area contributed by atoms with Crippen molar-refractivity contribution in [2.45, 2.75) is 19.6 Å². The summed E-state index contributed by atoms with van der Waals surface area (Å²) in [5.74, 6) is 0. The van der Waals surface area contributed by atoms with Gasteiger partial charge in [0.15, 0.2) is 0 Å². The van der Waals surface area contributed by atoms with Gasteiger partial charge in [0.1, 0.15) is 0 Å². The predicted octanol–water partition coefficient (Wildman–Crippen LogP) is 4.08. The fraction of sp³-hybridized carbons (Fsp3) is 0.188. The summed E-state index contributed by atoms with van der Waals surface area (Å²) in [6, 6.07) is 14.4. The summed E-state index contributed by atoms with van der Waals surface area (Å²) in [5, 5.41) is 2.06. The summed E-state index contributed by atoms with van der Waals surface area (Å²) in [5.41, 5.74) is 6.41. The second-order valence-electron chi connectivity index (χ2n) is 4.69. The molecule has 0 aliphatic rings. The normalized spacial score (nSPS) is 12.7. The van der Waals surface area contributed by atoms with Gasteiger partial charge in [-0.05, 0) is 35.6 Å². The molecule has 0 fully saturated rings. The highest BCUT2D eigenvalue weighted by Crippen LogP contribution is 2.22. The lowest BCUT2D eigenvalue weighted by molar-refractivity contribution is 0.00695. The van der Waals surface area contributed by atoms with Crippen molar-refractivity contribution in [2.24, 2.45) is 0 Å². The van der Waals surface area contributed by atoms with Crippen molar-refractivity contribution in [3.05, 3.63) is 65.2 Å². The zero-order valence-corrected chi connectivity index (χ0v) is 12.1. The number of hydroxylamine groups is 1. The van der Waals surface area contributed by atoms with E-state index in [9.17, 15) is 0 Å². The Morgan fingerprint density at radius 3 is 2.95 bits per heavy atom. The topological polar surface area (TPSA) is 34.1 Å². The predicted molar refractivity (Wildman–Crippen MR) is 82.4 cm³/mol. The Kier molecular flexibility index (Phi) is 4.06. The number of rotatable bonds is 5. The van der Waals surface area contributed by atoms with Gasteiger partial charge in [-0.2, -0.15) is 5.48 Å². The van der Waals surface area contributed by atoms with E-state index in [2.05, 4.69) is 28.8 Å². The van der Waals surface area contributed by atoms with Gasteiger partial charge in [-0.25, -0.2) is 0 Å². The fourth-order valence-corrected chi connectivity index (χ4v) is 2.78. The number of nitrogens with zero attached hydrogens (tertiary/aromatic N) is 1. The molecule has 3 rings (SSSR count). The van der Waals surface area contributed by atoms with E-state index in [0.29, 0.717) is 6.61 Å². The Morgan fingerprint density at radius 1 is 1.25 bits per heavy atom. The highest BCUT2D eigenvalue weighted by Gasteiger charge is 2.07. The zero-order chi connectivity index (χ0) is 13.8. The quantitative estimate of drug-likeness (QED) is 0.717. The maximum Gasteiger partial charge on any atom is 0.0933 e. The van der Waals surface area contributed by atoms with Crippen molar-refractivity contribution in [1.82, 2.24) is 10.5 Å². The molecule has 2 aromatic heterocycles. The van der Waals surface area contributed by atoms with E-state index in [0.717, 1.165) is 16.6 Å². The van der Waals surface area contributed by atoms with Crippen molar-refractivity contribution in [2.75, 3.05) is 0 Å². The lowest BCUT2D eigenvalue weighted by Crippen LogP contribution is -2.19. The van der Waals surface area contributed by atoms with Crippen molar-refractivity contribution in [3.8, 4) is 0 Å². The van der Waals surface area contributed by atoms with Gasteiger partial charge in [0.25, 0.3) is 0 Å². The molecule has 1 atom stereocenters. The lowest BCUT2D eigenvalue weighted by atomic mass is 10.1. The summed E-state index contributed by atoms with van der Waals surface area (Å²) in [6.07, 6.45) is 1.90. The number of hydrogen-bond acceptors (Lipinski definition) is 4. The molecule has 2 heterocycles. The molecule has 1 unspecified atom stereocenters. The highest BCUT2D eigenvalue weighted by molar-refractivity contribution is 7.17.